The van der Waals surface area contributed by atoms with E-state index in [0.29, 0.717) is 9.13 Å². The molecule has 0 atom stereocenters. The zero-order valence-corrected chi connectivity index (χ0v) is 23.0. The van der Waals surface area contributed by atoms with Crippen LogP contribution in [-0.4, -0.2) is 33.4 Å². The summed E-state index contributed by atoms with van der Waals surface area (Å²) >= 11 is 8.02. The van der Waals surface area contributed by atoms with E-state index in [-0.39, 0.29) is 32.7 Å². The van der Waals surface area contributed by atoms with Crippen molar-refractivity contribution < 1.29 is 31.7 Å². The molecule has 0 spiro atoms. The van der Waals surface area contributed by atoms with Crippen LogP contribution in [0.5, 0.6) is 11.5 Å². The maximum absolute atomic E-state index is 13.2. The fraction of sp³-hybridized carbons (Fsp3) is 0.0800. The maximum atomic E-state index is 13.2. The van der Waals surface area contributed by atoms with Crippen LogP contribution >= 0.6 is 34.2 Å². The molecule has 12 heteroatoms. The largest absolute Gasteiger partial charge is 0.493 e. The molecule has 1 aliphatic rings. The van der Waals surface area contributed by atoms with E-state index >= 15 is 0 Å². The molecule has 190 valence electrons. The summed E-state index contributed by atoms with van der Waals surface area (Å²) in [7, 11) is -2.84. The van der Waals surface area contributed by atoms with Crippen LogP contribution in [0.1, 0.15) is 11.1 Å². The number of carbonyl (C=O) groups is 3. The molecule has 0 unspecified atom stereocenters. The molecule has 4 rings (SSSR count). The first-order valence-electron chi connectivity index (χ1n) is 10.6. The van der Waals surface area contributed by atoms with Gasteiger partial charge in [0.25, 0.3) is 11.8 Å². The number of benzene rings is 3. The number of ether oxygens (including phenoxy) is 1. The summed E-state index contributed by atoms with van der Waals surface area (Å²) in [6.45, 7) is 1.83. The Kier molecular flexibility index (Phi) is 7.57. The van der Waals surface area contributed by atoms with Gasteiger partial charge in [-0.25, -0.2) is 9.69 Å². The van der Waals surface area contributed by atoms with Crippen LogP contribution in [0.3, 0.4) is 0 Å². The fourth-order valence-corrected chi connectivity index (χ4v) is 5.50. The normalized spacial score (nSPS) is 15.1. The van der Waals surface area contributed by atoms with E-state index in [0.717, 1.165) is 10.5 Å². The van der Waals surface area contributed by atoms with Gasteiger partial charge in [-0.15, -0.1) is 0 Å². The Morgan fingerprint density at radius 1 is 1.03 bits per heavy atom. The lowest BCUT2D eigenvalue weighted by atomic mass is 10.1. The van der Waals surface area contributed by atoms with E-state index in [1.807, 2.05) is 29.5 Å². The molecule has 0 aromatic heterocycles. The number of carbonyl (C=O) groups excluding carboxylic acids is 3. The predicted molar refractivity (Wildman–Crippen MR) is 145 cm³/mol. The second kappa shape index (κ2) is 10.5. The van der Waals surface area contributed by atoms with Gasteiger partial charge in [0.15, 0.2) is 11.5 Å². The van der Waals surface area contributed by atoms with Crippen molar-refractivity contribution in [1.29, 1.82) is 0 Å². The van der Waals surface area contributed by atoms with Crippen LogP contribution in [0.15, 0.2) is 71.1 Å². The lowest BCUT2D eigenvalue weighted by Crippen LogP contribution is -2.54. The molecule has 1 heterocycles. The average molecular weight is 653 g/mol. The van der Waals surface area contributed by atoms with Crippen molar-refractivity contribution in [2.75, 3.05) is 12.0 Å². The number of imide groups is 2. The molecule has 4 amide bonds. The molecular weight excluding hydrogens is 635 g/mol. The lowest BCUT2D eigenvalue weighted by molar-refractivity contribution is -0.122. The quantitative estimate of drug-likeness (QED) is 0.178. The van der Waals surface area contributed by atoms with E-state index in [2.05, 4.69) is 5.32 Å². The van der Waals surface area contributed by atoms with Crippen molar-refractivity contribution in [2.24, 2.45) is 0 Å². The van der Waals surface area contributed by atoms with Crippen LogP contribution in [0.4, 0.5) is 10.5 Å². The zero-order valence-electron chi connectivity index (χ0n) is 19.3. The number of hydrogen-bond acceptors (Lipinski definition) is 7. The molecule has 1 aliphatic heterocycles. The first kappa shape index (κ1) is 26.6. The number of hydrogen-bond donors (Lipinski definition) is 1. The number of halogens is 2. The number of barbiturate groups is 1. The number of nitrogens with one attached hydrogen (secondary N) is 1. The molecule has 0 aliphatic carbocycles. The fourth-order valence-electron chi connectivity index (χ4n) is 3.44. The Morgan fingerprint density at radius 2 is 1.70 bits per heavy atom. The summed E-state index contributed by atoms with van der Waals surface area (Å²) in [4.78, 5) is 38.9. The van der Waals surface area contributed by atoms with Gasteiger partial charge < -0.3 is 8.92 Å². The average Bonchev–Trinajstić information content (AvgIpc) is 2.84. The molecular formula is C25H18ClIN2O7S. The van der Waals surface area contributed by atoms with E-state index in [4.69, 9.17) is 20.5 Å². The van der Waals surface area contributed by atoms with Gasteiger partial charge in [-0.1, -0.05) is 41.4 Å². The predicted octanol–water partition coefficient (Wildman–Crippen LogP) is 4.70. The first-order valence-corrected chi connectivity index (χ1v) is 13.4. The molecule has 0 bridgehead atoms. The maximum Gasteiger partial charge on any atom is 0.339 e. The Morgan fingerprint density at radius 3 is 2.35 bits per heavy atom. The highest BCUT2D eigenvalue weighted by Gasteiger charge is 2.37. The number of aryl methyl sites for hydroxylation is 1. The number of para-hydroxylation sites is 1. The number of amides is 4. The van der Waals surface area contributed by atoms with Crippen LogP contribution in [-0.2, 0) is 19.7 Å². The van der Waals surface area contributed by atoms with Gasteiger partial charge in [0, 0.05) is 0 Å². The number of nitrogens with zero attached hydrogens (tertiary/aromatic N) is 1. The summed E-state index contributed by atoms with van der Waals surface area (Å²) in [6, 6.07) is 14.4. The van der Waals surface area contributed by atoms with E-state index in [9.17, 15) is 22.8 Å². The molecule has 9 nitrogen and oxygen atoms in total. The second-order valence-corrected chi connectivity index (χ2v) is 10.9. The molecule has 3 aromatic carbocycles. The zero-order chi connectivity index (χ0) is 26.9. The summed E-state index contributed by atoms with van der Waals surface area (Å²) in [5.41, 5.74) is 0.994. The van der Waals surface area contributed by atoms with Crippen LogP contribution in [0.2, 0.25) is 5.02 Å². The minimum absolute atomic E-state index is 0.0315. The molecule has 0 radical (unpaired) electrons. The van der Waals surface area contributed by atoms with E-state index in [1.165, 1.54) is 49.6 Å². The summed E-state index contributed by atoms with van der Waals surface area (Å²) in [5.74, 6) is -1.78. The third-order valence-corrected chi connectivity index (χ3v) is 7.62. The van der Waals surface area contributed by atoms with Crippen molar-refractivity contribution in [3.63, 3.8) is 0 Å². The third kappa shape index (κ3) is 5.48. The molecule has 0 saturated carbocycles. The summed E-state index contributed by atoms with van der Waals surface area (Å²) in [5, 5.41) is 2.27. The molecule has 1 fully saturated rings. The van der Waals surface area contributed by atoms with Crippen molar-refractivity contribution in [3.8, 4) is 11.5 Å². The van der Waals surface area contributed by atoms with Gasteiger partial charge in [0.2, 0.25) is 0 Å². The van der Waals surface area contributed by atoms with Crippen molar-refractivity contribution >= 4 is 73.9 Å². The van der Waals surface area contributed by atoms with Crippen LogP contribution < -0.4 is 19.1 Å². The molecule has 1 N–H and O–H groups in total. The van der Waals surface area contributed by atoms with Gasteiger partial charge in [-0.2, -0.15) is 8.42 Å². The van der Waals surface area contributed by atoms with Crippen molar-refractivity contribution in [2.45, 2.75) is 11.8 Å². The third-order valence-electron chi connectivity index (χ3n) is 5.26. The minimum atomic E-state index is -4.17. The SMILES string of the molecule is COc1cc(/C=C2\C(=O)NC(=O)N(c3ccccc3Cl)C2=O)cc(I)c1OS(=O)(=O)c1ccc(C)cc1. The highest BCUT2D eigenvalue weighted by atomic mass is 127. The van der Waals surface area contributed by atoms with Gasteiger partial charge >= 0.3 is 16.1 Å². The Labute approximate surface area is 231 Å². The monoisotopic (exact) mass is 652 g/mol. The standard InChI is InChI=1S/C25H18ClIN2O7S/c1-14-7-9-16(10-8-14)37(33,34)36-22-19(27)12-15(13-21(22)35-2)11-17-23(30)28-25(32)29(24(17)31)20-6-4-3-5-18(20)26/h3-13H,1-2H3,(H,28,30,32)/b17-11+. The molecule has 3 aromatic rings. The molecule has 1 saturated heterocycles. The lowest BCUT2D eigenvalue weighted by Gasteiger charge is -2.27. The number of anilines is 1. The number of methoxy groups -OCH3 is 1. The topological polar surface area (TPSA) is 119 Å². The number of urea groups is 1. The van der Waals surface area contributed by atoms with E-state index in [1.54, 1.807) is 24.3 Å². The van der Waals surface area contributed by atoms with Gasteiger partial charge in [-0.3, -0.25) is 14.9 Å². The van der Waals surface area contributed by atoms with Crippen molar-refractivity contribution in [1.82, 2.24) is 5.32 Å². The Balaban J connectivity index is 1.71. The highest BCUT2D eigenvalue weighted by molar-refractivity contribution is 14.1. The summed E-state index contributed by atoms with van der Waals surface area (Å²) < 4.78 is 36.7. The van der Waals surface area contributed by atoms with Gasteiger partial charge in [0.05, 0.1) is 21.4 Å². The van der Waals surface area contributed by atoms with Crippen LogP contribution in [0, 0.1) is 10.5 Å². The molecule has 37 heavy (non-hydrogen) atoms. The van der Waals surface area contributed by atoms with Gasteiger partial charge in [0.1, 0.15) is 10.5 Å². The minimum Gasteiger partial charge on any atom is -0.493 e. The number of rotatable bonds is 6. The Hall–Kier alpha value is -3.42. The smallest absolute Gasteiger partial charge is 0.339 e. The second-order valence-electron chi connectivity index (χ2n) is 7.79. The Bertz CT molecular complexity index is 1570. The van der Waals surface area contributed by atoms with Crippen molar-refractivity contribution in [3.05, 3.63) is 86.0 Å². The van der Waals surface area contributed by atoms with E-state index < -0.39 is 28.0 Å². The van der Waals surface area contributed by atoms with Crippen LogP contribution in [0.25, 0.3) is 6.08 Å². The highest BCUT2D eigenvalue weighted by Crippen LogP contribution is 2.37. The summed E-state index contributed by atoms with van der Waals surface area (Å²) in [6.07, 6.45) is 1.26. The first-order chi connectivity index (χ1) is 17.5. The van der Waals surface area contributed by atoms with Gasteiger partial charge in [-0.05, 0) is 77.6 Å².